The average molecular weight is 288 g/mol. The van der Waals surface area contributed by atoms with Crippen LogP contribution in [0.1, 0.15) is 17.2 Å². The van der Waals surface area contributed by atoms with Crippen LogP contribution >= 0.6 is 0 Å². The SMILES string of the molecule is CN1CCN(CC(O)c2ccc(C(F)(F)F)cc2)CC1. The van der Waals surface area contributed by atoms with Gasteiger partial charge in [-0.15, -0.1) is 0 Å². The number of aliphatic hydroxyl groups is 1. The Labute approximate surface area is 116 Å². The van der Waals surface area contributed by atoms with E-state index in [1.54, 1.807) is 0 Å². The number of nitrogens with zero attached hydrogens (tertiary/aromatic N) is 2. The van der Waals surface area contributed by atoms with Crippen molar-refractivity contribution in [3.63, 3.8) is 0 Å². The van der Waals surface area contributed by atoms with Crippen LogP contribution in [0.2, 0.25) is 0 Å². The summed E-state index contributed by atoms with van der Waals surface area (Å²) in [5, 5.41) is 10.1. The van der Waals surface area contributed by atoms with Gasteiger partial charge in [-0.05, 0) is 24.7 Å². The zero-order chi connectivity index (χ0) is 14.8. The molecule has 3 nitrogen and oxygen atoms in total. The highest BCUT2D eigenvalue weighted by atomic mass is 19.4. The predicted molar refractivity (Wildman–Crippen MR) is 70.3 cm³/mol. The van der Waals surface area contributed by atoms with Crippen molar-refractivity contribution in [1.82, 2.24) is 9.80 Å². The first kappa shape index (κ1) is 15.3. The normalized spacial score (nSPS) is 20.1. The molecule has 1 unspecified atom stereocenters. The van der Waals surface area contributed by atoms with Crippen LogP contribution in [0.25, 0.3) is 0 Å². The van der Waals surface area contributed by atoms with Gasteiger partial charge in [-0.2, -0.15) is 13.2 Å². The molecule has 1 aliphatic rings. The van der Waals surface area contributed by atoms with Crippen LogP contribution < -0.4 is 0 Å². The van der Waals surface area contributed by atoms with Crippen LogP contribution in [0.4, 0.5) is 13.2 Å². The highest BCUT2D eigenvalue weighted by molar-refractivity contribution is 5.26. The van der Waals surface area contributed by atoms with E-state index >= 15 is 0 Å². The van der Waals surface area contributed by atoms with Crippen LogP contribution in [0.3, 0.4) is 0 Å². The molecule has 0 aliphatic carbocycles. The minimum atomic E-state index is -4.33. The van der Waals surface area contributed by atoms with Gasteiger partial charge in [-0.1, -0.05) is 12.1 Å². The molecule has 1 N–H and O–H groups in total. The lowest BCUT2D eigenvalue weighted by atomic mass is 10.1. The Bertz CT molecular complexity index is 425. The molecule has 0 bridgehead atoms. The zero-order valence-electron chi connectivity index (χ0n) is 11.4. The van der Waals surface area contributed by atoms with E-state index in [0.717, 1.165) is 38.3 Å². The standard InChI is InChI=1S/C14H19F3N2O/c1-18-6-8-19(9-7-18)10-13(20)11-2-4-12(5-3-11)14(15,16)17/h2-5,13,20H,6-10H2,1H3. The maximum atomic E-state index is 12.5. The molecule has 112 valence electrons. The fourth-order valence-corrected chi connectivity index (χ4v) is 2.27. The molecule has 6 heteroatoms. The number of halogens is 3. The molecule has 1 aromatic rings. The van der Waals surface area contributed by atoms with Gasteiger partial charge in [0.25, 0.3) is 0 Å². The Morgan fingerprint density at radius 2 is 1.65 bits per heavy atom. The monoisotopic (exact) mass is 288 g/mol. The molecular weight excluding hydrogens is 269 g/mol. The van der Waals surface area contributed by atoms with E-state index in [9.17, 15) is 18.3 Å². The number of alkyl halides is 3. The largest absolute Gasteiger partial charge is 0.416 e. The molecule has 0 amide bonds. The number of rotatable bonds is 3. The van der Waals surface area contributed by atoms with Crippen molar-refractivity contribution >= 4 is 0 Å². The highest BCUT2D eigenvalue weighted by Crippen LogP contribution is 2.30. The van der Waals surface area contributed by atoms with Crippen molar-refractivity contribution in [1.29, 1.82) is 0 Å². The second kappa shape index (κ2) is 6.11. The van der Waals surface area contributed by atoms with Gasteiger partial charge in [0.15, 0.2) is 0 Å². The third kappa shape index (κ3) is 3.94. The van der Waals surface area contributed by atoms with Crippen molar-refractivity contribution < 1.29 is 18.3 Å². The zero-order valence-corrected chi connectivity index (χ0v) is 11.4. The lowest BCUT2D eigenvalue weighted by Gasteiger charge is -2.33. The molecule has 0 radical (unpaired) electrons. The molecule has 1 aromatic carbocycles. The van der Waals surface area contributed by atoms with Crippen molar-refractivity contribution in [3.8, 4) is 0 Å². The van der Waals surface area contributed by atoms with Crippen molar-refractivity contribution in [2.24, 2.45) is 0 Å². The molecule has 0 saturated carbocycles. The Balaban J connectivity index is 1.94. The molecule has 1 aliphatic heterocycles. The van der Waals surface area contributed by atoms with E-state index in [1.807, 2.05) is 7.05 Å². The summed E-state index contributed by atoms with van der Waals surface area (Å²) >= 11 is 0. The maximum absolute atomic E-state index is 12.5. The van der Waals surface area contributed by atoms with Gasteiger partial charge in [-0.25, -0.2) is 0 Å². The third-order valence-electron chi connectivity index (χ3n) is 3.65. The molecule has 0 spiro atoms. The number of benzene rings is 1. The molecule has 2 rings (SSSR count). The van der Waals surface area contributed by atoms with E-state index < -0.39 is 17.8 Å². The van der Waals surface area contributed by atoms with Gasteiger partial charge in [0.05, 0.1) is 11.7 Å². The summed E-state index contributed by atoms with van der Waals surface area (Å²) in [6.45, 7) is 4.08. The van der Waals surface area contributed by atoms with Gasteiger partial charge in [0, 0.05) is 32.7 Å². The summed E-state index contributed by atoms with van der Waals surface area (Å²) < 4.78 is 37.4. The van der Waals surface area contributed by atoms with Gasteiger partial charge < -0.3 is 10.0 Å². The first-order chi connectivity index (χ1) is 9.36. The summed E-state index contributed by atoms with van der Waals surface area (Å²) in [6, 6.07) is 4.73. The van der Waals surface area contributed by atoms with Crippen LogP contribution in [0.5, 0.6) is 0 Å². The third-order valence-corrected chi connectivity index (χ3v) is 3.65. The highest BCUT2D eigenvalue weighted by Gasteiger charge is 2.30. The molecule has 1 fully saturated rings. The second-order valence-corrected chi connectivity index (χ2v) is 5.24. The smallest absolute Gasteiger partial charge is 0.387 e. The van der Waals surface area contributed by atoms with E-state index in [1.165, 1.54) is 12.1 Å². The fraction of sp³-hybridized carbons (Fsp3) is 0.571. The lowest BCUT2D eigenvalue weighted by molar-refractivity contribution is -0.137. The van der Waals surface area contributed by atoms with Crippen LogP contribution in [-0.2, 0) is 6.18 Å². The van der Waals surface area contributed by atoms with Gasteiger partial charge in [0.2, 0.25) is 0 Å². The first-order valence-corrected chi connectivity index (χ1v) is 6.62. The number of β-amino-alcohol motifs (C(OH)–C–C–N with tert-alkyl or cyclic N) is 1. The lowest BCUT2D eigenvalue weighted by Crippen LogP contribution is -2.45. The molecule has 0 aromatic heterocycles. The molecule has 20 heavy (non-hydrogen) atoms. The fourth-order valence-electron chi connectivity index (χ4n) is 2.27. The summed E-state index contributed by atoms with van der Waals surface area (Å²) in [4.78, 5) is 4.34. The van der Waals surface area contributed by atoms with Crippen molar-refractivity contribution in [2.45, 2.75) is 12.3 Å². The van der Waals surface area contributed by atoms with Crippen LogP contribution in [0.15, 0.2) is 24.3 Å². The topological polar surface area (TPSA) is 26.7 Å². The minimum Gasteiger partial charge on any atom is -0.387 e. The van der Waals surface area contributed by atoms with Crippen molar-refractivity contribution in [3.05, 3.63) is 35.4 Å². The maximum Gasteiger partial charge on any atom is 0.416 e. The molecule has 1 saturated heterocycles. The summed E-state index contributed by atoms with van der Waals surface area (Å²) in [5.41, 5.74) is -0.162. The Hall–Kier alpha value is -1.11. The summed E-state index contributed by atoms with van der Waals surface area (Å²) in [7, 11) is 2.05. The number of hydrogen-bond acceptors (Lipinski definition) is 3. The quantitative estimate of drug-likeness (QED) is 0.921. The Kier molecular flexibility index (Phi) is 4.67. The molecular formula is C14H19F3N2O. The van der Waals surface area contributed by atoms with Gasteiger partial charge in [-0.3, -0.25) is 4.90 Å². The number of hydrogen-bond donors (Lipinski definition) is 1. The van der Waals surface area contributed by atoms with E-state index in [2.05, 4.69) is 9.80 Å². The van der Waals surface area contributed by atoms with Crippen LogP contribution in [0, 0.1) is 0 Å². The van der Waals surface area contributed by atoms with E-state index in [4.69, 9.17) is 0 Å². The predicted octanol–water partition coefficient (Wildman–Crippen LogP) is 1.99. The molecule has 1 heterocycles. The average Bonchev–Trinajstić information content (AvgIpc) is 2.40. The van der Waals surface area contributed by atoms with Gasteiger partial charge >= 0.3 is 6.18 Å². The van der Waals surface area contributed by atoms with E-state index in [-0.39, 0.29) is 0 Å². The van der Waals surface area contributed by atoms with Gasteiger partial charge in [0.1, 0.15) is 0 Å². The Morgan fingerprint density at radius 1 is 1.10 bits per heavy atom. The number of piperazine rings is 1. The Morgan fingerprint density at radius 3 is 2.15 bits per heavy atom. The second-order valence-electron chi connectivity index (χ2n) is 5.24. The first-order valence-electron chi connectivity index (χ1n) is 6.62. The summed E-state index contributed by atoms with van der Waals surface area (Å²) in [5.74, 6) is 0. The number of aliphatic hydroxyl groups excluding tert-OH is 1. The summed E-state index contributed by atoms with van der Waals surface area (Å²) in [6.07, 6.45) is -5.08. The number of likely N-dealkylation sites (N-methyl/N-ethyl adjacent to an activating group) is 1. The van der Waals surface area contributed by atoms with Crippen LogP contribution in [-0.4, -0.2) is 54.7 Å². The van der Waals surface area contributed by atoms with E-state index in [0.29, 0.717) is 12.1 Å². The van der Waals surface area contributed by atoms with Crippen molar-refractivity contribution in [2.75, 3.05) is 39.8 Å². The molecule has 1 atom stereocenters. The minimum absolute atomic E-state index is 0.458.